The molecule has 4 nitrogen and oxygen atoms in total. The van der Waals surface area contributed by atoms with E-state index in [9.17, 15) is 10.1 Å². The van der Waals surface area contributed by atoms with E-state index in [0.717, 1.165) is 36.9 Å². The second kappa shape index (κ2) is 13.0. The number of carbonyl (C=O) groups excluding carboxylic acids is 1. The van der Waals surface area contributed by atoms with Crippen molar-refractivity contribution in [1.82, 2.24) is 5.32 Å². The number of aryl methyl sites for hydroxylation is 1. The molecule has 158 valence electrons. The highest BCUT2D eigenvalue weighted by atomic mass is 16.1. The molecule has 0 unspecified atom stereocenters. The van der Waals surface area contributed by atoms with E-state index < -0.39 is 0 Å². The number of hydrogen-bond acceptors (Lipinski definition) is 3. The molecule has 29 heavy (non-hydrogen) atoms. The van der Waals surface area contributed by atoms with Crippen molar-refractivity contribution in [2.24, 2.45) is 0 Å². The third kappa shape index (κ3) is 8.31. The zero-order chi connectivity index (χ0) is 20.9. The van der Waals surface area contributed by atoms with Gasteiger partial charge in [-0.1, -0.05) is 69.9 Å². The van der Waals surface area contributed by atoms with E-state index >= 15 is 0 Å². The van der Waals surface area contributed by atoms with Gasteiger partial charge in [-0.2, -0.15) is 5.26 Å². The SMILES string of the molecule is CCN(/C=C(/C#N)C(=O)NC1CCCCCCCCCCC1)c1cccc(C)c1. The third-order valence-electron chi connectivity index (χ3n) is 5.76. The molecule has 1 aromatic rings. The largest absolute Gasteiger partial charge is 0.349 e. The van der Waals surface area contributed by atoms with Crippen LogP contribution < -0.4 is 10.2 Å². The Morgan fingerprint density at radius 3 is 2.21 bits per heavy atom. The molecule has 4 heteroatoms. The van der Waals surface area contributed by atoms with Crippen LogP contribution in [0.2, 0.25) is 0 Å². The van der Waals surface area contributed by atoms with Crippen LogP contribution in [0.4, 0.5) is 5.69 Å². The summed E-state index contributed by atoms with van der Waals surface area (Å²) in [5.41, 5.74) is 2.34. The van der Waals surface area contributed by atoms with Crippen LogP contribution >= 0.6 is 0 Å². The Morgan fingerprint density at radius 2 is 1.69 bits per heavy atom. The first-order chi connectivity index (χ1) is 14.1. The summed E-state index contributed by atoms with van der Waals surface area (Å²) >= 11 is 0. The highest BCUT2D eigenvalue weighted by molar-refractivity contribution is 5.97. The Hall–Kier alpha value is -2.28. The molecule has 0 atom stereocenters. The lowest BCUT2D eigenvalue weighted by atomic mass is 9.97. The molecule has 2 rings (SSSR count). The Kier molecular flexibility index (Phi) is 10.3. The summed E-state index contributed by atoms with van der Waals surface area (Å²) in [7, 11) is 0. The van der Waals surface area contributed by atoms with Gasteiger partial charge >= 0.3 is 0 Å². The van der Waals surface area contributed by atoms with Gasteiger partial charge in [0.1, 0.15) is 11.6 Å². The molecule has 0 aliphatic heterocycles. The van der Waals surface area contributed by atoms with Crippen LogP contribution in [-0.4, -0.2) is 18.5 Å². The van der Waals surface area contributed by atoms with Crippen molar-refractivity contribution in [3.63, 3.8) is 0 Å². The molecule has 0 bridgehead atoms. The van der Waals surface area contributed by atoms with Crippen LogP contribution in [0, 0.1) is 18.3 Å². The summed E-state index contributed by atoms with van der Waals surface area (Å²) in [6.07, 6.45) is 15.1. The van der Waals surface area contributed by atoms with Crippen LogP contribution in [0.3, 0.4) is 0 Å². The van der Waals surface area contributed by atoms with Gasteiger partial charge in [0.2, 0.25) is 0 Å². The molecule has 1 aromatic carbocycles. The van der Waals surface area contributed by atoms with E-state index in [-0.39, 0.29) is 17.5 Å². The van der Waals surface area contributed by atoms with E-state index in [4.69, 9.17) is 0 Å². The van der Waals surface area contributed by atoms with Crippen molar-refractivity contribution in [3.05, 3.63) is 41.6 Å². The van der Waals surface area contributed by atoms with Crippen molar-refractivity contribution in [1.29, 1.82) is 5.26 Å². The zero-order valence-electron chi connectivity index (χ0n) is 18.3. The number of nitriles is 1. The first-order valence-electron chi connectivity index (χ1n) is 11.4. The summed E-state index contributed by atoms with van der Waals surface area (Å²) in [5.74, 6) is -0.240. The number of amides is 1. The fourth-order valence-electron chi connectivity index (χ4n) is 4.02. The van der Waals surface area contributed by atoms with Crippen molar-refractivity contribution in [2.75, 3.05) is 11.4 Å². The first-order valence-corrected chi connectivity index (χ1v) is 11.4. The maximum atomic E-state index is 12.8. The smallest absolute Gasteiger partial charge is 0.263 e. The normalized spacial score (nSPS) is 17.5. The van der Waals surface area contributed by atoms with Gasteiger partial charge in [-0.25, -0.2) is 0 Å². The maximum Gasteiger partial charge on any atom is 0.263 e. The monoisotopic (exact) mass is 395 g/mol. The molecule has 0 heterocycles. The topological polar surface area (TPSA) is 56.1 Å². The van der Waals surface area contributed by atoms with Gasteiger partial charge < -0.3 is 10.2 Å². The molecule has 1 aliphatic carbocycles. The summed E-state index contributed by atoms with van der Waals surface area (Å²) in [6, 6.07) is 10.4. The Balaban J connectivity index is 2.03. The molecule has 1 fully saturated rings. The average molecular weight is 396 g/mol. The van der Waals surface area contributed by atoms with Crippen molar-refractivity contribution >= 4 is 11.6 Å². The predicted octanol–water partition coefficient (Wildman–Crippen LogP) is 6.02. The second-order valence-electron chi connectivity index (χ2n) is 8.21. The minimum Gasteiger partial charge on any atom is -0.349 e. The van der Waals surface area contributed by atoms with Gasteiger partial charge in [0.15, 0.2) is 0 Å². The fourth-order valence-corrected chi connectivity index (χ4v) is 4.02. The third-order valence-corrected chi connectivity index (χ3v) is 5.76. The number of carbonyl (C=O) groups is 1. The zero-order valence-corrected chi connectivity index (χ0v) is 18.3. The summed E-state index contributed by atoms with van der Waals surface area (Å²) in [5, 5.41) is 12.8. The summed E-state index contributed by atoms with van der Waals surface area (Å²) in [6.45, 7) is 4.77. The molecular formula is C25H37N3O. The molecule has 1 N–H and O–H groups in total. The van der Waals surface area contributed by atoms with Gasteiger partial charge in [-0.3, -0.25) is 4.79 Å². The number of nitrogens with one attached hydrogen (secondary N) is 1. The predicted molar refractivity (Wildman–Crippen MR) is 121 cm³/mol. The van der Waals surface area contributed by atoms with Crippen LogP contribution in [0.1, 0.15) is 83.1 Å². The lowest BCUT2D eigenvalue weighted by molar-refractivity contribution is -0.117. The quantitative estimate of drug-likeness (QED) is 0.490. The Labute approximate surface area is 177 Å². The molecule has 0 radical (unpaired) electrons. The van der Waals surface area contributed by atoms with Gasteiger partial charge in [0, 0.05) is 24.5 Å². The number of rotatable bonds is 5. The summed E-state index contributed by atoms with van der Waals surface area (Å²) < 4.78 is 0. The molecule has 1 amide bonds. The molecule has 0 aromatic heterocycles. The lowest BCUT2D eigenvalue weighted by Crippen LogP contribution is -2.36. The molecular weight excluding hydrogens is 358 g/mol. The van der Waals surface area contributed by atoms with Crippen LogP contribution in [0.25, 0.3) is 0 Å². The number of hydrogen-bond donors (Lipinski definition) is 1. The van der Waals surface area contributed by atoms with Crippen LogP contribution in [-0.2, 0) is 4.79 Å². The highest BCUT2D eigenvalue weighted by Gasteiger charge is 2.17. The van der Waals surface area contributed by atoms with Crippen LogP contribution in [0.5, 0.6) is 0 Å². The van der Waals surface area contributed by atoms with Gasteiger partial charge in [0.05, 0.1) is 0 Å². The highest BCUT2D eigenvalue weighted by Crippen LogP contribution is 2.19. The Morgan fingerprint density at radius 1 is 1.10 bits per heavy atom. The fraction of sp³-hybridized carbons (Fsp3) is 0.600. The molecule has 1 aliphatic rings. The standard InChI is InChI=1S/C25H37N3O/c1-3-28(24-17-13-14-21(2)18-24)20-22(19-26)25(29)27-23-15-11-9-7-5-4-6-8-10-12-16-23/h13-14,17-18,20,23H,3-12,15-16H2,1-2H3,(H,27,29)/b22-20-. The molecule has 0 saturated heterocycles. The van der Waals surface area contributed by atoms with Crippen molar-refractivity contribution in [3.8, 4) is 6.07 Å². The lowest BCUT2D eigenvalue weighted by Gasteiger charge is -2.21. The summed E-state index contributed by atoms with van der Waals surface area (Å²) in [4.78, 5) is 14.8. The van der Waals surface area contributed by atoms with Gasteiger partial charge in [-0.15, -0.1) is 0 Å². The van der Waals surface area contributed by atoms with Gasteiger partial charge in [-0.05, 0) is 44.4 Å². The second-order valence-corrected chi connectivity index (χ2v) is 8.21. The molecule has 1 saturated carbocycles. The number of nitrogens with zero attached hydrogens (tertiary/aromatic N) is 2. The van der Waals surface area contributed by atoms with E-state index in [0.29, 0.717) is 6.54 Å². The minimum absolute atomic E-state index is 0.174. The van der Waals surface area contributed by atoms with Gasteiger partial charge in [0.25, 0.3) is 5.91 Å². The Bertz CT molecular complexity index is 692. The van der Waals surface area contributed by atoms with E-state index in [1.165, 1.54) is 44.9 Å². The first kappa shape index (κ1) is 23.0. The van der Waals surface area contributed by atoms with E-state index in [1.54, 1.807) is 6.20 Å². The maximum absolute atomic E-state index is 12.8. The molecule has 0 spiro atoms. The number of anilines is 1. The van der Waals surface area contributed by atoms with Crippen molar-refractivity contribution in [2.45, 2.75) is 90.5 Å². The van der Waals surface area contributed by atoms with E-state index in [2.05, 4.69) is 17.5 Å². The average Bonchev–Trinajstić information content (AvgIpc) is 2.71. The minimum atomic E-state index is -0.240. The van der Waals surface area contributed by atoms with Crippen LogP contribution in [0.15, 0.2) is 36.0 Å². The number of benzene rings is 1. The van der Waals surface area contributed by atoms with Crippen molar-refractivity contribution < 1.29 is 4.79 Å². The van der Waals surface area contributed by atoms with E-state index in [1.807, 2.05) is 36.9 Å².